The van der Waals surface area contributed by atoms with Crippen LogP contribution in [0.4, 0.5) is 0 Å². The highest BCUT2D eigenvalue weighted by atomic mass is 16.5. The number of carbonyl (C=O) groups is 3. The number of primary amides is 1. The fourth-order valence-corrected chi connectivity index (χ4v) is 3.44. The molecule has 0 aromatic heterocycles. The van der Waals surface area contributed by atoms with Crippen molar-refractivity contribution in [1.82, 2.24) is 4.90 Å². The average Bonchev–Trinajstić information content (AvgIpc) is 2.77. The number of likely N-dealkylation sites (tertiary alicyclic amines) is 1. The van der Waals surface area contributed by atoms with E-state index in [2.05, 4.69) is 6.07 Å². The summed E-state index contributed by atoms with van der Waals surface area (Å²) >= 11 is 0. The van der Waals surface area contributed by atoms with Gasteiger partial charge >= 0.3 is 5.97 Å². The molecule has 0 radical (unpaired) electrons. The van der Waals surface area contributed by atoms with Gasteiger partial charge in [-0.15, -0.1) is 0 Å². The molecule has 1 saturated heterocycles. The Hall–Kier alpha value is -3.66. The predicted molar refractivity (Wildman–Crippen MR) is 105 cm³/mol. The second kappa shape index (κ2) is 9.02. The Morgan fingerprint density at radius 1 is 1.10 bits per heavy atom. The quantitative estimate of drug-likeness (QED) is 0.784. The van der Waals surface area contributed by atoms with Crippen LogP contribution in [0.25, 0.3) is 11.1 Å². The smallest absolute Gasteiger partial charge is 0.339 e. The van der Waals surface area contributed by atoms with Crippen molar-refractivity contribution < 1.29 is 19.1 Å². The van der Waals surface area contributed by atoms with Gasteiger partial charge < -0.3 is 15.4 Å². The molecule has 1 fully saturated rings. The summed E-state index contributed by atoms with van der Waals surface area (Å²) in [5.74, 6) is -1.81. The van der Waals surface area contributed by atoms with E-state index < -0.39 is 18.5 Å². The zero-order valence-corrected chi connectivity index (χ0v) is 15.8. The zero-order chi connectivity index (χ0) is 20.8. The van der Waals surface area contributed by atoms with Crippen LogP contribution in [-0.4, -0.2) is 42.4 Å². The van der Waals surface area contributed by atoms with Crippen LogP contribution in [0.3, 0.4) is 0 Å². The summed E-state index contributed by atoms with van der Waals surface area (Å²) in [5.41, 5.74) is 7.24. The Morgan fingerprint density at radius 2 is 1.79 bits per heavy atom. The molecule has 0 bridgehead atoms. The Bertz CT molecular complexity index is 980. The molecule has 1 atom stereocenters. The first-order chi connectivity index (χ1) is 14.0. The predicted octanol–water partition coefficient (Wildman–Crippen LogP) is 2.11. The largest absolute Gasteiger partial charge is 0.452 e. The monoisotopic (exact) mass is 391 g/mol. The average molecular weight is 391 g/mol. The lowest BCUT2D eigenvalue weighted by atomic mass is 9.96. The number of hydrogen-bond acceptors (Lipinski definition) is 5. The van der Waals surface area contributed by atoms with Crippen LogP contribution in [0, 0.1) is 17.2 Å². The molecular weight excluding hydrogens is 370 g/mol. The van der Waals surface area contributed by atoms with Crippen LogP contribution in [0.1, 0.15) is 28.8 Å². The van der Waals surface area contributed by atoms with Gasteiger partial charge in [0.15, 0.2) is 6.61 Å². The molecule has 7 heteroatoms. The van der Waals surface area contributed by atoms with Crippen molar-refractivity contribution in [2.75, 3.05) is 19.7 Å². The summed E-state index contributed by atoms with van der Waals surface area (Å²) in [6.07, 6.45) is 1.34. The maximum Gasteiger partial charge on any atom is 0.339 e. The molecule has 148 valence electrons. The van der Waals surface area contributed by atoms with Gasteiger partial charge in [-0.3, -0.25) is 9.59 Å². The number of nitriles is 1. The number of esters is 1. The van der Waals surface area contributed by atoms with Gasteiger partial charge in [0.25, 0.3) is 5.91 Å². The summed E-state index contributed by atoms with van der Waals surface area (Å²) in [4.78, 5) is 37.9. The molecule has 1 aliphatic heterocycles. The van der Waals surface area contributed by atoms with Crippen LogP contribution in [0.2, 0.25) is 0 Å². The van der Waals surface area contributed by atoms with E-state index in [1.165, 1.54) is 4.90 Å². The molecule has 3 rings (SSSR count). The molecule has 0 spiro atoms. The first-order valence-corrected chi connectivity index (χ1v) is 9.34. The SMILES string of the molecule is N#Cc1ccccc1-c1ccccc1C(=O)OCC(=O)N1CCC[C@H](C(N)=O)C1. The summed E-state index contributed by atoms with van der Waals surface area (Å²) in [5, 5.41) is 9.34. The van der Waals surface area contributed by atoms with Gasteiger partial charge in [-0.2, -0.15) is 5.26 Å². The van der Waals surface area contributed by atoms with E-state index in [0.717, 1.165) is 0 Å². The molecule has 2 amide bonds. The van der Waals surface area contributed by atoms with E-state index in [0.29, 0.717) is 36.1 Å². The Kier molecular flexibility index (Phi) is 6.25. The highest BCUT2D eigenvalue weighted by molar-refractivity contribution is 5.99. The molecule has 1 aliphatic rings. The third kappa shape index (κ3) is 4.61. The van der Waals surface area contributed by atoms with Crippen LogP contribution in [-0.2, 0) is 14.3 Å². The van der Waals surface area contributed by atoms with E-state index in [9.17, 15) is 19.6 Å². The van der Waals surface area contributed by atoms with E-state index >= 15 is 0 Å². The Labute approximate surface area is 168 Å². The van der Waals surface area contributed by atoms with Crippen LogP contribution < -0.4 is 5.73 Å². The summed E-state index contributed by atoms with van der Waals surface area (Å²) in [6, 6.07) is 15.9. The van der Waals surface area contributed by atoms with Gasteiger partial charge in [0.2, 0.25) is 5.91 Å². The summed E-state index contributed by atoms with van der Waals surface area (Å²) < 4.78 is 5.25. The molecular formula is C22H21N3O4. The highest BCUT2D eigenvalue weighted by Crippen LogP contribution is 2.27. The van der Waals surface area contributed by atoms with Crippen molar-refractivity contribution in [1.29, 1.82) is 5.26 Å². The van der Waals surface area contributed by atoms with Crippen LogP contribution >= 0.6 is 0 Å². The van der Waals surface area contributed by atoms with Crippen molar-refractivity contribution in [3.8, 4) is 17.2 Å². The van der Waals surface area contributed by atoms with Gasteiger partial charge in [0.05, 0.1) is 23.1 Å². The molecule has 1 heterocycles. The summed E-state index contributed by atoms with van der Waals surface area (Å²) in [7, 11) is 0. The minimum atomic E-state index is -0.648. The first-order valence-electron chi connectivity index (χ1n) is 9.34. The molecule has 0 aliphatic carbocycles. The van der Waals surface area contributed by atoms with Gasteiger partial charge in [-0.1, -0.05) is 36.4 Å². The molecule has 2 aromatic rings. The van der Waals surface area contributed by atoms with Gasteiger partial charge in [-0.25, -0.2) is 4.79 Å². The second-order valence-electron chi connectivity index (χ2n) is 6.86. The van der Waals surface area contributed by atoms with Gasteiger partial charge in [0, 0.05) is 18.7 Å². The molecule has 2 aromatic carbocycles. The van der Waals surface area contributed by atoms with Crippen molar-refractivity contribution >= 4 is 17.8 Å². The standard InChI is InChI=1S/C22H21N3O4/c23-12-15-6-1-2-8-17(15)18-9-3-4-10-19(18)22(28)29-14-20(26)25-11-5-7-16(13-25)21(24)27/h1-4,6,8-10,16H,5,7,11,13-14H2,(H2,24,27)/t16-/m0/s1. The highest BCUT2D eigenvalue weighted by Gasteiger charge is 2.27. The van der Waals surface area contributed by atoms with Crippen molar-refractivity contribution in [2.24, 2.45) is 11.7 Å². The normalized spacial score (nSPS) is 16.0. The number of hydrogen-bond donors (Lipinski definition) is 1. The fraction of sp³-hybridized carbons (Fsp3) is 0.273. The number of carbonyl (C=O) groups excluding carboxylic acids is 3. The van der Waals surface area contributed by atoms with Crippen molar-refractivity contribution in [3.63, 3.8) is 0 Å². The molecule has 29 heavy (non-hydrogen) atoms. The lowest BCUT2D eigenvalue weighted by Gasteiger charge is -2.31. The second-order valence-corrected chi connectivity index (χ2v) is 6.86. The third-order valence-corrected chi connectivity index (χ3v) is 4.99. The molecule has 0 unspecified atom stereocenters. The lowest BCUT2D eigenvalue weighted by Crippen LogP contribution is -2.45. The molecule has 2 N–H and O–H groups in total. The Balaban J connectivity index is 1.71. The van der Waals surface area contributed by atoms with Gasteiger partial charge in [-0.05, 0) is 30.5 Å². The molecule has 0 saturated carbocycles. The van der Waals surface area contributed by atoms with Crippen molar-refractivity contribution in [3.05, 3.63) is 59.7 Å². The van der Waals surface area contributed by atoms with Crippen molar-refractivity contribution in [2.45, 2.75) is 12.8 Å². The first kappa shape index (κ1) is 20.1. The van der Waals surface area contributed by atoms with E-state index in [1.54, 1.807) is 48.5 Å². The lowest BCUT2D eigenvalue weighted by molar-refractivity contribution is -0.137. The number of benzene rings is 2. The van der Waals surface area contributed by atoms with Gasteiger partial charge in [0.1, 0.15) is 0 Å². The minimum absolute atomic E-state index is 0.248. The zero-order valence-electron chi connectivity index (χ0n) is 15.8. The number of piperidine rings is 1. The number of amides is 2. The summed E-state index contributed by atoms with van der Waals surface area (Å²) in [6.45, 7) is 0.336. The van der Waals surface area contributed by atoms with Crippen LogP contribution in [0.5, 0.6) is 0 Å². The minimum Gasteiger partial charge on any atom is -0.452 e. The van der Waals surface area contributed by atoms with E-state index in [-0.39, 0.29) is 23.9 Å². The number of nitrogens with two attached hydrogens (primary N) is 1. The number of rotatable bonds is 5. The number of nitrogens with zero attached hydrogens (tertiary/aromatic N) is 2. The van der Waals surface area contributed by atoms with E-state index in [1.807, 2.05) is 0 Å². The number of ether oxygens (including phenoxy) is 1. The fourth-order valence-electron chi connectivity index (χ4n) is 3.44. The van der Waals surface area contributed by atoms with E-state index in [4.69, 9.17) is 10.5 Å². The van der Waals surface area contributed by atoms with Crippen LogP contribution in [0.15, 0.2) is 48.5 Å². The Morgan fingerprint density at radius 3 is 2.52 bits per heavy atom. The third-order valence-electron chi connectivity index (χ3n) is 4.99. The molecule has 7 nitrogen and oxygen atoms in total. The maximum atomic E-state index is 12.6. The maximum absolute atomic E-state index is 12.6. The topological polar surface area (TPSA) is 113 Å².